The van der Waals surface area contributed by atoms with Crippen molar-refractivity contribution < 1.29 is 8.85 Å². The third-order valence-electron chi connectivity index (χ3n) is 11.0. The molecule has 148 valence electrons. The van der Waals surface area contributed by atoms with Crippen LogP contribution in [0, 0.1) is 46.3 Å². The lowest BCUT2D eigenvalue weighted by Crippen LogP contribution is -3.11. The predicted molar refractivity (Wildman–Crippen MR) is 112 cm³/mol. The van der Waals surface area contributed by atoms with Crippen molar-refractivity contribution in [3.8, 4) is 0 Å². The van der Waals surface area contributed by atoms with Gasteiger partial charge in [-0.1, -0.05) is 41.5 Å². The van der Waals surface area contributed by atoms with Gasteiger partial charge in [-0.3, -0.25) is 0 Å². The molecule has 0 amide bonds. The minimum atomic E-state index is -1.60. The summed E-state index contributed by atoms with van der Waals surface area (Å²) in [5.74, 6) is 6.14. The molecule has 6 aliphatic rings. The first-order chi connectivity index (χ1) is 11.6. The summed E-state index contributed by atoms with van der Waals surface area (Å²) >= 11 is 0. The largest absolute Gasteiger partial charge is 0.416 e. The molecule has 0 saturated heterocycles. The maximum atomic E-state index is 6.71. The fraction of sp³-hybridized carbons (Fsp3) is 1.00. The SMILES string of the molecule is CC(C)(C)[Si](C)(C)OCC12C3C4C1C1C2C3C41CO[Si](C)(C)C(C)(C)C. The lowest BCUT2D eigenvalue weighted by molar-refractivity contribution is -0.661. The average Bonchev–Trinajstić information content (AvgIpc) is 2.49. The first-order valence-corrected chi connectivity index (χ1v) is 16.7. The van der Waals surface area contributed by atoms with Crippen LogP contribution < -0.4 is 0 Å². The zero-order valence-electron chi connectivity index (χ0n) is 18.7. The molecule has 6 saturated carbocycles. The van der Waals surface area contributed by atoms with Crippen molar-refractivity contribution in [3.63, 3.8) is 0 Å². The minimum Gasteiger partial charge on any atom is -0.416 e. The summed E-state index contributed by atoms with van der Waals surface area (Å²) in [6.07, 6.45) is 0. The van der Waals surface area contributed by atoms with Gasteiger partial charge in [0.2, 0.25) is 0 Å². The van der Waals surface area contributed by atoms with Crippen molar-refractivity contribution in [3.05, 3.63) is 0 Å². The molecule has 0 atom stereocenters. The Morgan fingerprint density at radius 3 is 1.00 bits per heavy atom. The molecule has 6 rings (SSSR count). The average molecular weight is 393 g/mol. The lowest BCUT2D eigenvalue weighted by atomic mass is 8.92. The van der Waals surface area contributed by atoms with E-state index in [-0.39, 0.29) is 0 Å². The Bertz CT molecular complexity index is 555. The predicted octanol–water partition coefficient (Wildman–Crippen LogP) is 5.77. The monoisotopic (exact) mass is 392 g/mol. The molecule has 0 N–H and O–H groups in total. The van der Waals surface area contributed by atoms with Gasteiger partial charge in [0.25, 0.3) is 0 Å². The molecule has 0 bridgehead atoms. The highest BCUT2D eigenvalue weighted by atomic mass is 28.4. The van der Waals surface area contributed by atoms with Crippen LogP contribution in [0.15, 0.2) is 0 Å². The number of rotatable bonds is 6. The molecule has 0 aromatic rings. The molecule has 26 heavy (non-hydrogen) atoms. The maximum absolute atomic E-state index is 6.71. The molecule has 0 spiro atoms. The van der Waals surface area contributed by atoms with E-state index in [9.17, 15) is 0 Å². The summed E-state index contributed by atoms with van der Waals surface area (Å²) in [4.78, 5) is 0. The molecule has 0 aliphatic heterocycles. The molecular weight excluding hydrogens is 352 g/mol. The van der Waals surface area contributed by atoms with Gasteiger partial charge in [-0.05, 0) is 71.8 Å². The number of hydrogen-bond acceptors (Lipinski definition) is 2. The summed E-state index contributed by atoms with van der Waals surface area (Å²) in [6.45, 7) is 26.1. The van der Waals surface area contributed by atoms with Gasteiger partial charge < -0.3 is 8.85 Å². The summed E-state index contributed by atoms with van der Waals surface area (Å²) in [6, 6.07) is 0. The summed E-state index contributed by atoms with van der Waals surface area (Å²) in [5, 5.41) is 0.675. The van der Waals surface area contributed by atoms with Gasteiger partial charge in [-0.15, -0.1) is 0 Å². The van der Waals surface area contributed by atoms with Crippen LogP contribution in [0.3, 0.4) is 0 Å². The zero-order valence-corrected chi connectivity index (χ0v) is 20.7. The van der Waals surface area contributed by atoms with E-state index in [0.717, 1.165) is 48.7 Å². The zero-order chi connectivity index (χ0) is 19.3. The molecule has 0 aromatic heterocycles. The first-order valence-electron chi connectivity index (χ1n) is 10.9. The van der Waals surface area contributed by atoms with E-state index in [4.69, 9.17) is 8.85 Å². The summed E-state index contributed by atoms with van der Waals surface area (Å²) in [5.41, 5.74) is 1.29. The van der Waals surface area contributed by atoms with Crippen LogP contribution in [0.2, 0.25) is 36.3 Å². The van der Waals surface area contributed by atoms with Crippen LogP contribution in [0.1, 0.15) is 41.5 Å². The van der Waals surface area contributed by atoms with Crippen molar-refractivity contribution in [2.75, 3.05) is 13.2 Å². The molecule has 2 nitrogen and oxygen atoms in total. The van der Waals surface area contributed by atoms with Crippen LogP contribution in [-0.4, -0.2) is 29.8 Å². The highest BCUT2D eigenvalue weighted by molar-refractivity contribution is 6.74. The van der Waals surface area contributed by atoms with Gasteiger partial charge in [0.15, 0.2) is 16.6 Å². The Labute approximate surface area is 163 Å². The van der Waals surface area contributed by atoms with E-state index in [1.807, 2.05) is 0 Å². The smallest absolute Gasteiger partial charge is 0.192 e. The quantitative estimate of drug-likeness (QED) is 0.534. The van der Waals surface area contributed by atoms with E-state index >= 15 is 0 Å². The standard InChI is InChI=1S/C22H40O2Si2/c1-19(2,3)25(7,8)23-11-21-13-16-14(21)18-15(21)17(13)22(16,18)12-24-26(9,10)20(4,5)6/h13-18H,11-12H2,1-10H3. The number of hydrogen-bond donors (Lipinski definition) is 0. The maximum Gasteiger partial charge on any atom is 0.192 e. The Balaban J connectivity index is 1.21. The van der Waals surface area contributed by atoms with Gasteiger partial charge in [0, 0.05) is 24.0 Å². The van der Waals surface area contributed by atoms with E-state index in [0.29, 0.717) is 20.9 Å². The molecule has 6 fully saturated rings. The van der Waals surface area contributed by atoms with Crippen molar-refractivity contribution >= 4 is 16.6 Å². The van der Waals surface area contributed by atoms with Crippen molar-refractivity contribution in [2.24, 2.45) is 46.3 Å². The van der Waals surface area contributed by atoms with Crippen LogP contribution in [0.4, 0.5) is 0 Å². The normalized spacial score (nSPS) is 50.1. The Morgan fingerprint density at radius 2 is 0.808 bits per heavy atom. The molecular formula is C22H40O2Si2. The van der Waals surface area contributed by atoms with Crippen molar-refractivity contribution in [1.29, 1.82) is 0 Å². The molecule has 0 aromatic carbocycles. The molecule has 0 unspecified atom stereocenters. The van der Waals surface area contributed by atoms with E-state index in [2.05, 4.69) is 67.7 Å². The minimum absolute atomic E-state index is 0.337. The van der Waals surface area contributed by atoms with Gasteiger partial charge >= 0.3 is 0 Å². The second-order valence-electron chi connectivity index (χ2n) is 13.5. The van der Waals surface area contributed by atoms with E-state index in [1.54, 1.807) is 0 Å². The lowest BCUT2D eigenvalue weighted by Gasteiger charge is -3.11. The van der Waals surface area contributed by atoms with Crippen molar-refractivity contribution in [1.82, 2.24) is 0 Å². The summed E-state index contributed by atoms with van der Waals surface area (Å²) < 4.78 is 13.4. The third-order valence-corrected chi connectivity index (χ3v) is 20.0. The molecule has 0 radical (unpaired) electrons. The second kappa shape index (κ2) is 4.42. The topological polar surface area (TPSA) is 18.5 Å². The third kappa shape index (κ3) is 1.56. The second-order valence-corrected chi connectivity index (χ2v) is 23.1. The van der Waals surface area contributed by atoms with Crippen LogP contribution in [0.25, 0.3) is 0 Å². The van der Waals surface area contributed by atoms with Crippen LogP contribution in [0.5, 0.6) is 0 Å². The first kappa shape index (κ1) is 18.4. The Morgan fingerprint density at radius 1 is 0.577 bits per heavy atom. The summed E-state index contributed by atoms with van der Waals surface area (Å²) in [7, 11) is -3.20. The Kier molecular flexibility index (Phi) is 3.12. The van der Waals surface area contributed by atoms with Crippen molar-refractivity contribution in [2.45, 2.75) is 77.8 Å². The fourth-order valence-corrected chi connectivity index (χ4v) is 9.68. The van der Waals surface area contributed by atoms with Gasteiger partial charge in [-0.2, -0.15) is 0 Å². The van der Waals surface area contributed by atoms with Gasteiger partial charge in [0.1, 0.15) is 0 Å². The van der Waals surface area contributed by atoms with Crippen LogP contribution >= 0.6 is 0 Å². The highest BCUT2D eigenvalue weighted by Crippen LogP contribution is 3.10. The van der Waals surface area contributed by atoms with E-state index < -0.39 is 16.6 Å². The fourth-order valence-electron chi connectivity index (χ4n) is 7.60. The van der Waals surface area contributed by atoms with E-state index in [1.165, 1.54) is 0 Å². The van der Waals surface area contributed by atoms with Crippen LogP contribution in [-0.2, 0) is 8.85 Å². The van der Waals surface area contributed by atoms with Gasteiger partial charge in [-0.25, -0.2) is 0 Å². The molecule has 6 aliphatic carbocycles. The molecule has 0 heterocycles. The molecule has 4 heteroatoms. The van der Waals surface area contributed by atoms with Gasteiger partial charge in [0.05, 0.1) is 0 Å². The highest BCUT2D eigenvalue weighted by Gasteiger charge is 3.09. The Hall–Kier alpha value is 0.354.